The molecule has 0 aromatic carbocycles. The van der Waals surface area contributed by atoms with Gasteiger partial charge in [-0.25, -0.2) is 13.8 Å². The molecule has 1 aromatic rings. The summed E-state index contributed by atoms with van der Waals surface area (Å²) in [6.45, 7) is 0. The van der Waals surface area contributed by atoms with E-state index in [2.05, 4.69) is 20.9 Å². The molecule has 0 aliphatic rings. The molecule has 1 N–H and O–H groups in total. The molecular weight excluding hydrogens is 347 g/mol. The van der Waals surface area contributed by atoms with Crippen LogP contribution < -0.4 is 0 Å². The van der Waals surface area contributed by atoms with Crippen molar-refractivity contribution in [2.75, 3.05) is 0 Å². The molecule has 1 heterocycles. The molecule has 0 radical (unpaired) electrons. The first kappa shape index (κ1) is 10.1. The molecule has 0 saturated carbocycles. The summed E-state index contributed by atoms with van der Waals surface area (Å²) in [7, 11) is 0. The van der Waals surface area contributed by atoms with Gasteiger partial charge >= 0.3 is 0 Å². The third-order valence-electron chi connectivity index (χ3n) is 1.15. The van der Waals surface area contributed by atoms with Gasteiger partial charge in [0, 0.05) is 0 Å². The first-order valence-electron chi connectivity index (χ1n) is 2.85. The number of aromatic nitrogens is 1. The Labute approximate surface area is 89.3 Å². The highest BCUT2D eigenvalue weighted by Crippen LogP contribution is 2.31. The fourth-order valence-corrected chi connectivity index (χ4v) is 1.97. The Morgan fingerprint density at radius 1 is 1.58 bits per heavy atom. The predicted molar refractivity (Wildman–Crippen MR) is 51.3 cm³/mol. The van der Waals surface area contributed by atoms with Crippen molar-refractivity contribution < 1.29 is 13.9 Å². The number of rotatable bonds is 1. The van der Waals surface area contributed by atoms with E-state index in [0.717, 1.165) is 6.07 Å². The van der Waals surface area contributed by atoms with Gasteiger partial charge in [0.15, 0.2) is 5.75 Å². The molecule has 0 saturated heterocycles. The van der Waals surface area contributed by atoms with Gasteiger partial charge in [0.2, 0.25) is 0 Å². The van der Waals surface area contributed by atoms with Gasteiger partial charge in [-0.05, 0) is 44.6 Å². The van der Waals surface area contributed by atoms with Gasteiger partial charge in [0.1, 0.15) is 9.39 Å². The highest BCUT2D eigenvalue weighted by molar-refractivity contribution is 14.1. The summed E-state index contributed by atoms with van der Waals surface area (Å²) in [5, 5.41) is 9.15. The van der Waals surface area contributed by atoms with Crippen LogP contribution in [0.3, 0.4) is 0 Å². The van der Waals surface area contributed by atoms with E-state index in [1.54, 1.807) is 22.6 Å². The van der Waals surface area contributed by atoms with Crippen molar-refractivity contribution >= 4 is 38.5 Å². The Kier molecular flexibility index (Phi) is 3.22. The fourth-order valence-electron chi connectivity index (χ4n) is 0.607. The minimum absolute atomic E-state index is 0.111. The van der Waals surface area contributed by atoms with Crippen molar-refractivity contribution in [1.82, 2.24) is 4.98 Å². The Morgan fingerprint density at radius 2 is 2.17 bits per heavy atom. The second-order valence-corrected chi connectivity index (χ2v) is 3.85. The number of hydrogen-bond acceptors (Lipinski definition) is 2. The number of hydrogen-bond donors (Lipinski definition) is 1. The smallest absolute Gasteiger partial charge is 0.280 e. The van der Waals surface area contributed by atoms with E-state index in [1.807, 2.05) is 0 Å². The van der Waals surface area contributed by atoms with E-state index in [9.17, 15) is 8.78 Å². The van der Waals surface area contributed by atoms with Gasteiger partial charge in [-0.2, -0.15) is 0 Å². The molecule has 66 valence electrons. The van der Waals surface area contributed by atoms with Gasteiger partial charge in [-0.15, -0.1) is 0 Å². The summed E-state index contributed by atoms with van der Waals surface area (Å²) in [6.07, 6.45) is -2.62. The summed E-state index contributed by atoms with van der Waals surface area (Å²) in [4.78, 5) is 3.49. The van der Waals surface area contributed by atoms with Crippen LogP contribution in [0.15, 0.2) is 10.5 Å². The van der Waals surface area contributed by atoms with E-state index in [1.165, 1.54) is 0 Å². The number of alkyl halides is 2. The Morgan fingerprint density at radius 3 is 2.58 bits per heavy atom. The zero-order valence-corrected chi connectivity index (χ0v) is 9.30. The third kappa shape index (κ3) is 2.03. The fraction of sp³-hybridized carbons (Fsp3) is 0.167. The van der Waals surface area contributed by atoms with Crippen LogP contribution in [0.2, 0.25) is 0 Å². The molecule has 12 heavy (non-hydrogen) atoms. The summed E-state index contributed by atoms with van der Waals surface area (Å²) in [5.41, 5.74) is -0.343. The minimum atomic E-state index is -2.62. The van der Waals surface area contributed by atoms with Crippen molar-refractivity contribution in [2.24, 2.45) is 0 Å². The topological polar surface area (TPSA) is 33.1 Å². The van der Waals surface area contributed by atoms with E-state index < -0.39 is 6.43 Å². The zero-order chi connectivity index (χ0) is 9.30. The van der Waals surface area contributed by atoms with Gasteiger partial charge in [-0.3, -0.25) is 0 Å². The van der Waals surface area contributed by atoms with Crippen LogP contribution in [-0.4, -0.2) is 10.1 Å². The highest BCUT2D eigenvalue weighted by atomic mass is 127. The van der Waals surface area contributed by atoms with Gasteiger partial charge in [0.25, 0.3) is 6.43 Å². The minimum Gasteiger partial charge on any atom is -0.504 e. The molecule has 0 atom stereocenters. The average Bonchev–Trinajstić information content (AvgIpc) is 1.99. The monoisotopic (exact) mass is 349 g/mol. The molecule has 1 rings (SSSR count). The van der Waals surface area contributed by atoms with Crippen LogP contribution in [0.1, 0.15) is 12.1 Å². The first-order chi connectivity index (χ1) is 5.52. The van der Waals surface area contributed by atoms with Crippen molar-refractivity contribution in [3.63, 3.8) is 0 Å². The largest absolute Gasteiger partial charge is 0.504 e. The molecule has 2 nitrogen and oxygen atoms in total. The number of aromatic hydroxyl groups is 1. The van der Waals surface area contributed by atoms with Crippen LogP contribution in [0.25, 0.3) is 0 Å². The van der Waals surface area contributed by atoms with E-state index in [0.29, 0.717) is 0 Å². The lowest BCUT2D eigenvalue weighted by Gasteiger charge is -2.03. The second-order valence-electron chi connectivity index (χ2n) is 1.97. The molecule has 0 aliphatic carbocycles. The van der Waals surface area contributed by atoms with E-state index in [4.69, 9.17) is 5.11 Å². The van der Waals surface area contributed by atoms with E-state index in [-0.39, 0.29) is 19.6 Å². The highest BCUT2D eigenvalue weighted by Gasteiger charge is 2.13. The average molecular weight is 350 g/mol. The van der Waals surface area contributed by atoms with Crippen molar-refractivity contribution in [3.8, 4) is 5.75 Å². The maximum Gasteiger partial charge on any atom is 0.280 e. The van der Waals surface area contributed by atoms with Gasteiger partial charge < -0.3 is 5.11 Å². The maximum absolute atomic E-state index is 12.1. The molecule has 6 heteroatoms. The van der Waals surface area contributed by atoms with Crippen LogP contribution in [0.4, 0.5) is 8.78 Å². The van der Waals surface area contributed by atoms with Crippen molar-refractivity contribution in [2.45, 2.75) is 6.43 Å². The van der Waals surface area contributed by atoms with E-state index >= 15 is 0 Å². The molecule has 1 aromatic heterocycles. The SMILES string of the molecule is Oc1c(Br)cc(C(F)F)nc1I. The standard InChI is InChI=1S/C6H3BrF2INO/c7-2-1-3(5(8)9)11-6(10)4(2)12/h1,5,12H. The van der Waals surface area contributed by atoms with Gasteiger partial charge in [0.05, 0.1) is 4.47 Å². The quantitative estimate of drug-likeness (QED) is 0.624. The Hall–Kier alpha value is 0.0200. The molecule has 0 amide bonds. The lowest BCUT2D eigenvalue weighted by atomic mass is 10.3. The Bertz CT molecular complexity index is 285. The normalized spacial score (nSPS) is 10.8. The van der Waals surface area contributed by atoms with Crippen LogP contribution in [0.5, 0.6) is 5.75 Å². The number of halogens is 4. The van der Waals surface area contributed by atoms with Crippen molar-refractivity contribution in [3.05, 3.63) is 19.9 Å². The summed E-state index contributed by atoms with van der Waals surface area (Å²) < 4.78 is 24.6. The summed E-state index contributed by atoms with van der Waals surface area (Å²) in [6, 6.07) is 1.10. The lowest BCUT2D eigenvalue weighted by Crippen LogP contribution is -1.93. The maximum atomic E-state index is 12.1. The van der Waals surface area contributed by atoms with Crippen molar-refractivity contribution in [1.29, 1.82) is 0 Å². The molecule has 0 bridgehead atoms. The molecule has 0 unspecified atom stereocenters. The Balaban J connectivity index is 3.21. The summed E-state index contributed by atoms with van der Waals surface area (Å²) in [5.74, 6) is -0.111. The van der Waals surface area contributed by atoms with Crippen LogP contribution >= 0.6 is 38.5 Å². The van der Waals surface area contributed by atoms with Crippen LogP contribution in [-0.2, 0) is 0 Å². The number of pyridine rings is 1. The number of nitrogens with zero attached hydrogens (tertiary/aromatic N) is 1. The van der Waals surface area contributed by atoms with Gasteiger partial charge in [-0.1, -0.05) is 0 Å². The molecule has 0 spiro atoms. The third-order valence-corrected chi connectivity index (χ3v) is 2.50. The molecule has 0 fully saturated rings. The predicted octanol–water partition coefficient (Wildman–Crippen LogP) is 3.09. The second kappa shape index (κ2) is 3.82. The zero-order valence-electron chi connectivity index (χ0n) is 5.56. The van der Waals surface area contributed by atoms with Crippen LogP contribution in [0, 0.1) is 3.70 Å². The molecule has 0 aliphatic heterocycles. The summed E-state index contributed by atoms with van der Waals surface area (Å²) >= 11 is 4.62. The molecular formula is C6H3BrF2INO. The first-order valence-corrected chi connectivity index (χ1v) is 4.72. The lowest BCUT2D eigenvalue weighted by molar-refractivity contribution is 0.145.